The van der Waals surface area contributed by atoms with Crippen LogP contribution < -0.4 is 5.32 Å². The monoisotopic (exact) mass is 383 g/mol. The molecule has 0 unspecified atom stereocenters. The molecule has 9 heteroatoms. The Kier molecular flexibility index (Phi) is 4.51. The van der Waals surface area contributed by atoms with E-state index in [1.54, 1.807) is 31.2 Å². The summed E-state index contributed by atoms with van der Waals surface area (Å²) in [7, 11) is 0. The quantitative estimate of drug-likeness (QED) is 0.571. The van der Waals surface area contributed by atoms with Crippen molar-refractivity contribution in [3.8, 4) is 16.4 Å². The maximum Gasteiger partial charge on any atom is 0.272 e. The lowest BCUT2D eigenvalue weighted by molar-refractivity contribution is 0.0941. The molecule has 1 aromatic carbocycles. The lowest BCUT2D eigenvalue weighted by Gasteiger charge is -2.04. The molecule has 0 bridgehead atoms. The second kappa shape index (κ2) is 7.12. The van der Waals surface area contributed by atoms with Gasteiger partial charge in [-0.15, -0.1) is 11.3 Å². The number of nitrogens with one attached hydrogen (secondary N) is 1. The Labute approximate surface area is 157 Å². The third kappa shape index (κ3) is 3.49. The van der Waals surface area contributed by atoms with Gasteiger partial charge in [0.25, 0.3) is 5.91 Å². The molecule has 0 radical (unpaired) electrons. The van der Waals surface area contributed by atoms with E-state index in [0.29, 0.717) is 11.5 Å². The number of aromatic nitrogens is 4. The van der Waals surface area contributed by atoms with Gasteiger partial charge in [-0.2, -0.15) is 10.1 Å². The van der Waals surface area contributed by atoms with Crippen LogP contribution in [-0.2, 0) is 6.54 Å². The summed E-state index contributed by atoms with van der Waals surface area (Å²) in [5, 5.41) is 12.7. The second-order valence-corrected chi connectivity index (χ2v) is 6.65. The average Bonchev–Trinajstić information content (AvgIpc) is 3.40. The SMILES string of the molecule is Cc1cc(C(=O)NCc2nc(-c3cccs3)no2)nn1-c1ccccc1F. The summed E-state index contributed by atoms with van der Waals surface area (Å²) >= 11 is 1.50. The van der Waals surface area contributed by atoms with Gasteiger partial charge in [0.2, 0.25) is 11.7 Å². The minimum absolute atomic E-state index is 0.0722. The van der Waals surface area contributed by atoms with E-state index in [-0.39, 0.29) is 23.8 Å². The highest BCUT2D eigenvalue weighted by Crippen LogP contribution is 2.21. The van der Waals surface area contributed by atoms with Crippen LogP contribution in [0.4, 0.5) is 4.39 Å². The van der Waals surface area contributed by atoms with Crippen LogP contribution in [0.15, 0.2) is 52.4 Å². The summed E-state index contributed by atoms with van der Waals surface area (Å²) in [4.78, 5) is 17.5. The van der Waals surface area contributed by atoms with Gasteiger partial charge in [-0.25, -0.2) is 9.07 Å². The molecule has 0 saturated heterocycles. The highest BCUT2D eigenvalue weighted by atomic mass is 32.1. The van der Waals surface area contributed by atoms with Gasteiger partial charge in [0.05, 0.1) is 11.4 Å². The predicted octanol–water partition coefficient (Wildman–Crippen LogP) is 3.36. The van der Waals surface area contributed by atoms with Crippen molar-refractivity contribution >= 4 is 17.2 Å². The first-order valence-electron chi connectivity index (χ1n) is 8.08. The smallest absolute Gasteiger partial charge is 0.272 e. The Balaban J connectivity index is 1.46. The van der Waals surface area contributed by atoms with Crippen LogP contribution in [0, 0.1) is 12.7 Å². The van der Waals surface area contributed by atoms with Crippen molar-refractivity contribution in [1.82, 2.24) is 25.2 Å². The van der Waals surface area contributed by atoms with Gasteiger partial charge in [0.1, 0.15) is 11.5 Å². The van der Waals surface area contributed by atoms with Crippen molar-refractivity contribution in [3.63, 3.8) is 0 Å². The standard InChI is InChI=1S/C18H14FN5O2S/c1-11-9-13(22-24(11)14-6-3-2-5-12(14)19)18(25)20-10-16-21-17(23-26-16)15-7-4-8-27-15/h2-9H,10H2,1H3,(H,20,25). The first-order chi connectivity index (χ1) is 13.1. The van der Waals surface area contributed by atoms with Gasteiger partial charge in [0.15, 0.2) is 5.69 Å². The van der Waals surface area contributed by atoms with Crippen molar-refractivity contribution in [3.05, 3.63) is 70.9 Å². The molecule has 0 atom stereocenters. The molecule has 0 aliphatic rings. The molecule has 0 fully saturated rings. The van der Waals surface area contributed by atoms with Crippen molar-refractivity contribution in [1.29, 1.82) is 0 Å². The summed E-state index contributed by atoms with van der Waals surface area (Å²) in [6.45, 7) is 1.82. The summed E-state index contributed by atoms with van der Waals surface area (Å²) in [5.74, 6) is -0.0578. The van der Waals surface area contributed by atoms with Gasteiger partial charge in [-0.3, -0.25) is 4.79 Å². The number of hydrogen-bond acceptors (Lipinski definition) is 6. The van der Waals surface area contributed by atoms with E-state index in [0.717, 1.165) is 4.88 Å². The maximum atomic E-state index is 14.0. The van der Waals surface area contributed by atoms with Crippen LogP contribution in [0.25, 0.3) is 16.4 Å². The van der Waals surface area contributed by atoms with Gasteiger partial charge < -0.3 is 9.84 Å². The van der Waals surface area contributed by atoms with Crippen LogP contribution in [0.1, 0.15) is 22.1 Å². The summed E-state index contributed by atoms with van der Waals surface area (Å²) in [6.07, 6.45) is 0. The van der Waals surface area contributed by atoms with E-state index in [1.807, 2.05) is 17.5 Å². The average molecular weight is 383 g/mol. The molecule has 1 amide bonds. The Morgan fingerprint density at radius 2 is 2.15 bits per heavy atom. The number of carbonyl (C=O) groups is 1. The van der Waals surface area contributed by atoms with Gasteiger partial charge in [0, 0.05) is 5.69 Å². The molecule has 3 heterocycles. The number of aryl methyl sites for hydroxylation is 1. The van der Waals surface area contributed by atoms with Crippen LogP contribution in [0.3, 0.4) is 0 Å². The minimum atomic E-state index is -0.414. The number of thiophene rings is 1. The Hall–Kier alpha value is -3.33. The number of rotatable bonds is 5. The molecular formula is C18H14FN5O2S. The highest BCUT2D eigenvalue weighted by Gasteiger charge is 2.16. The molecule has 4 rings (SSSR count). The number of benzene rings is 1. The Morgan fingerprint density at radius 3 is 2.93 bits per heavy atom. The predicted molar refractivity (Wildman–Crippen MR) is 97.0 cm³/mol. The first-order valence-corrected chi connectivity index (χ1v) is 8.96. The zero-order valence-corrected chi connectivity index (χ0v) is 15.0. The van der Waals surface area contributed by atoms with E-state index in [2.05, 4.69) is 20.6 Å². The lowest BCUT2D eigenvalue weighted by atomic mass is 10.3. The molecule has 7 nitrogen and oxygen atoms in total. The molecule has 0 saturated carbocycles. The van der Waals surface area contributed by atoms with E-state index >= 15 is 0 Å². The molecule has 0 spiro atoms. The Bertz CT molecular complexity index is 1090. The van der Waals surface area contributed by atoms with Crippen LogP contribution in [0.5, 0.6) is 0 Å². The minimum Gasteiger partial charge on any atom is -0.342 e. The zero-order valence-electron chi connectivity index (χ0n) is 14.2. The number of hydrogen-bond donors (Lipinski definition) is 1. The molecule has 136 valence electrons. The lowest BCUT2D eigenvalue weighted by Crippen LogP contribution is -2.23. The van der Waals surface area contributed by atoms with E-state index in [4.69, 9.17) is 4.52 Å². The third-order valence-corrected chi connectivity index (χ3v) is 4.68. The molecule has 1 N–H and O–H groups in total. The highest BCUT2D eigenvalue weighted by molar-refractivity contribution is 7.13. The second-order valence-electron chi connectivity index (χ2n) is 5.71. The number of para-hydroxylation sites is 1. The Morgan fingerprint density at radius 1 is 1.30 bits per heavy atom. The molecule has 27 heavy (non-hydrogen) atoms. The largest absolute Gasteiger partial charge is 0.342 e. The van der Waals surface area contributed by atoms with Crippen molar-refractivity contribution in [2.24, 2.45) is 0 Å². The number of nitrogens with zero attached hydrogens (tertiary/aromatic N) is 4. The van der Waals surface area contributed by atoms with Gasteiger partial charge in [-0.1, -0.05) is 23.4 Å². The number of carbonyl (C=O) groups excluding carboxylic acids is 1. The van der Waals surface area contributed by atoms with E-state index < -0.39 is 11.7 Å². The molecule has 3 aromatic heterocycles. The van der Waals surface area contributed by atoms with Crippen LogP contribution in [-0.4, -0.2) is 25.8 Å². The molecule has 4 aromatic rings. The van der Waals surface area contributed by atoms with Gasteiger partial charge in [-0.05, 0) is 36.6 Å². The van der Waals surface area contributed by atoms with Gasteiger partial charge >= 0.3 is 0 Å². The summed E-state index contributed by atoms with van der Waals surface area (Å²) < 4.78 is 20.5. The van der Waals surface area contributed by atoms with Crippen molar-refractivity contribution in [2.45, 2.75) is 13.5 Å². The fraction of sp³-hybridized carbons (Fsp3) is 0.111. The number of halogens is 1. The zero-order chi connectivity index (χ0) is 18.8. The van der Waals surface area contributed by atoms with Crippen molar-refractivity contribution in [2.75, 3.05) is 0 Å². The van der Waals surface area contributed by atoms with Crippen LogP contribution in [0.2, 0.25) is 0 Å². The van der Waals surface area contributed by atoms with E-state index in [9.17, 15) is 9.18 Å². The van der Waals surface area contributed by atoms with Crippen molar-refractivity contribution < 1.29 is 13.7 Å². The number of amides is 1. The van der Waals surface area contributed by atoms with Crippen LogP contribution >= 0.6 is 11.3 Å². The fourth-order valence-electron chi connectivity index (χ4n) is 2.53. The molecular weight excluding hydrogens is 369 g/mol. The molecule has 0 aliphatic carbocycles. The third-order valence-electron chi connectivity index (χ3n) is 3.81. The summed E-state index contributed by atoms with van der Waals surface area (Å²) in [5.41, 5.74) is 1.10. The fourth-order valence-corrected chi connectivity index (χ4v) is 3.18. The first kappa shape index (κ1) is 17.1. The van der Waals surface area contributed by atoms with E-state index in [1.165, 1.54) is 22.1 Å². The summed E-state index contributed by atoms with van der Waals surface area (Å²) in [6, 6.07) is 11.6. The maximum absolute atomic E-state index is 14.0. The topological polar surface area (TPSA) is 85.8 Å². The normalized spacial score (nSPS) is 10.9. The molecule has 0 aliphatic heterocycles.